The molecule has 0 saturated heterocycles. The molecule has 0 aliphatic rings. The van der Waals surface area contributed by atoms with Gasteiger partial charge in [-0.05, 0) is 34.3 Å². The highest BCUT2D eigenvalue weighted by atomic mass is 79.9. The highest BCUT2D eigenvalue weighted by Gasteiger charge is 2.23. The summed E-state index contributed by atoms with van der Waals surface area (Å²) in [5.74, 6) is -1.67. The molecule has 2 aromatic heterocycles. The van der Waals surface area contributed by atoms with Gasteiger partial charge in [0.1, 0.15) is 10.7 Å². The van der Waals surface area contributed by atoms with Gasteiger partial charge in [-0.15, -0.1) is 11.3 Å². The van der Waals surface area contributed by atoms with E-state index in [1.54, 1.807) is 0 Å². The number of hydrogen-bond donors (Lipinski definition) is 2. The SMILES string of the molecule is Cc1oc(C(=O)O)cc1S(=O)(=O)NCc1sccc1Br. The van der Waals surface area contributed by atoms with Crippen LogP contribution >= 0.6 is 27.3 Å². The molecule has 0 aliphatic carbocycles. The molecule has 0 spiro atoms. The van der Waals surface area contributed by atoms with E-state index in [0.717, 1.165) is 15.4 Å². The van der Waals surface area contributed by atoms with Crippen molar-refractivity contribution in [1.82, 2.24) is 4.72 Å². The predicted octanol–water partition coefficient (Wildman–Crippen LogP) is 2.59. The molecule has 0 bridgehead atoms. The van der Waals surface area contributed by atoms with Gasteiger partial charge in [0.05, 0.1) is 0 Å². The van der Waals surface area contributed by atoms with Crippen LogP contribution < -0.4 is 4.72 Å². The lowest BCUT2D eigenvalue weighted by atomic mass is 10.4. The maximum absolute atomic E-state index is 12.1. The Morgan fingerprint density at radius 3 is 2.75 bits per heavy atom. The third-order valence-electron chi connectivity index (χ3n) is 2.49. The van der Waals surface area contributed by atoms with Gasteiger partial charge in [0.25, 0.3) is 0 Å². The van der Waals surface area contributed by atoms with Crippen molar-refractivity contribution >= 4 is 43.3 Å². The fourth-order valence-corrected chi connectivity index (χ4v) is 4.22. The van der Waals surface area contributed by atoms with Gasteiger partial charge in [-0.3, -0.25) is 0 Å². The van der Waals surface area contributed by atoms with Crippen molar-refractivity contribution in [2.24, 2.45) is 0 Å². The Morgan fingerprint density at radius 2 is 2.25 bits per heavy atom. The number of carboxylic acid groups (broad SMARTS) is 1. The fourth-order valence-electron chi connectivity index (χ4n) is 1.53. The molecule has 108 valence electrons. The number of hydrogen-bond acceptors (Lipinski definition) is 5. The highest BCUT2D eigenvalue weighted by Crippen LogP contribution is 2.24. The molecule has 2 N–H and O–H groups in total. The van der Waals surface area contributed by atoms with E-state index >= 15 is 0 Å². The summed E-state index contributed by atoms with van der Waals surface area (Å²) in [6, 6.07) is 2.82. The smallest absolute Gasteiger partial charge is 0.371 e. The van der Waals surface area contributed by atoms with Gasteiger partial charge in [0.15, 0.2) is 0 Å². The Morgan fingerprint density at radius 1 is 1.55 bits per heavy atom. The van der Waals surface area contributed by atoms with Crippen molar-refractivity contribution in [1.29, 1.82) is 0 Å². The Labute approximate surface area is 127 Å². The third-order valence-corrected chi connectivity index (χ3v) is 5.92. The minimum absolute atomic E-state index is 0.0418. The zero-order valence-corrected chi connectivity index (χ0v) is 13.4. The number of aryl methyl sites for hydroxylation is 1. The van der Waals surface area contributed by atoms with Crippen molar-refractivity contribution in [3.05, 3.63) is 38.4 Å². The topological polar surface area (TPSA) is 96.6 Å². The van der Waals surface area contributed by atoms with Crippen LogP contribution in [0.1, 0.15) is 21.2 Å². The van der Waals surface area contributed by atoms with Crippen LogP contribution in [0.5, 0.6) is 0 Å². The summed E-state index contributed by atoms with van der Waals surface area (Å²) in [6.07, 6.45) is 0. The normalized spacial score (nSPS) is 11.7. The Hall–Kier alpha value is -1.16. The lowest BCUT2D eigenvalue weighted by Crippen LogP contribution is -2.23. The average Bonchev–Trinajstić information content (AvgIpc) is 2.93. The fraction of sp³-hybridized carbons (Fsp3) is 0.182. The second-order valence-corrected chi connectivity index (χ2v) is 7.44. The lowest BCUT2D eigenvalue weighted by Gasteiger charge is -2.04. The first kappa shape index (κ1) is 15.2. The van der Waals surface area contributed by atoms with Crippen LogP contribution in [-0.2, 0) is 16.6 Å². The summed E-state index contributed by atoms with van der Waals surface area (Å²) >= 11 is 4.72. The van der Waals surface area contributed by atoms with Gasteiger partial charge >= 0.3 is 5.97 Å². The summed E-state index contributed by atoms with van der Waals surface area (Å²) < 4.78 is 32.4. The summed E-state index contributed by atoms with van der Waals surface area (Å²) in [5.41, 5.74) is 0. The number of aromatic carboxylic acids is 1. The van der Waals surface area contributed by atoms with E-state index in [1.807, 2.05) is 11.4 Å². The van der Waals surface area contributed by atoms with Crippen LogP contribution in [0, 0.1) is 6.92 Å². The van der Waals surface area contributed by atoms with E-state index in [-0.39, 0.29) is 17.2 Å². The number of thiophene rings is 1. The molecule has 0 radical (unpaired) electrons. The van der Waals surface area contributed by atoms with E-state index < -0.39 is 21.8 Å². The second-order valence-electron chi connectivity index (χ2n) is 3.85. The van der Waals surface area contributed by atoms with Crippen LogP contribution in [0.25, 0.3) is 0 Å². The average molecular weight is 380 g/mol. The molecule has 0 amide bonds. The third kappa shape index (κ3) is 3.11. The quantitative estimate of drug-likeness (QED) is 0.831. The number of furan rings is 1. The lowest BCUT2D eigenvalue weighted by molar-refractivity contribution is 0.0661. The highest BCUT2D eigenvalue weighted by molar-refractivity contribution is 9.10. The number of carbonyl (C=O) groups is 1. The number of sulfonamides is 1. The van der Waals surface area contributed by atoms with Gasteiger partial charge in [-0.25, -0.2) is 17.9 Å². The standard InChI is InChI=1S/C11H10BrNO5S2/c1-6-10(4-8(18-6)11(14)15)20(16,17)13-5-9-7(12)2-3-19-9/h2-4,13H,5H2,1H3,(H,14,15). The molecule has 9 heteroatoms. The number of nitrogens with one attached hydrogen (secondary N) is 1. The van der Waals surface area contributed by atoms with Crippen molar-refractivity contribution in [2.75, 3.05) is 0 Å². The van der Waals surface area contributed by atoms with Gasteiger partial charge in [0.2, 0.25) is 15.8 Å². The summed E-state index contributed by atoms with van der Waals surface area (Å²) in [6.45, 7) is 1.52. The molecule has 6 nitrogen and oxygen atoms in total. The summed E-state index contributed by atoms with van der Waals surface area (Å²) in [4.78, 5) is 11.4. The first-order valence-electron chi connectivity index (χ1n) is 5.36. The molecule has 0 atom stereocenters. The first-order chi connectivity index (χ1) is 9.31. The maximum atomic E-state index is 12.1. The van der Waals surface area contributed by atoms with Crippen molar-refractivity contribution in [3.8, 4) is 0 Å². The van der Waals surface area contributed by atoms with Gasteiger partial charge in [0, 0.05) is 22.0 Å². The second kappa shape index (κ2) is 5.68. The first-order valence-corrected chi connectivity index (χ1v) is 8.52. The molecule has 2 heterocycles. The van der Waals surface area contributed by atoms with Crippen LogP contribution in [0.4, 0.5) is 0 Å². The summed E-state index contributed by atoms with van der Waals surface area (Å²) in [7, 11) is -3.82. The molecule has 2 aromatic rings. The molecule has 0 aromatic carbocycles. The molecule has 2 rings (SSSR count). The zero-order valence-electron chi connectivity index (χ0n) is 10.2. The van der Waals surface area contributed by atoms with E-state index in [1.165, 1.54) is 18.3 Å². The van der Waals surface area contributed by atoms with Gasteiger partial charge in [-0.2, -0.15) is 0 Å². The number of rotatable bonds is 5. The largest absolute Gasteiger partial charge is 0.475 e. The minimum Gasteiger partial charge on any atom is -0.475 e. The predicted molar refractivity (Wildman–Crippen MR) is 76.4 cm³/mol. The molecule has 0 aliphatic heterocycles. The molecule has 0 fully saturated rings. The molecular formula is C11H10BrNO5S2. The molecule has 0 unspecified atom stereocenters. The molecule has 20 heavy (non-hydrogen) atoms. The maximum Gasteiger partial charge on any atom is 0.371 e. The van der Waals surface area contributed by atoms with Gasteiger partial charge < -0.3 is 9.52 Å². The van der Waals surface area contributed by atoms with E-state index in [4.69, 9.17) is 9.52 Å². The van der Waals surface area contributed by atoms with Crippen LogP contribution in [0.3, 0.4) is 0 Å². The van der Waals surface area contributed by atoms with E-state index in [2.05, 4.69) is 20.7 Å². The molecule has 0 saturated carbocycles. The van der Waals surface area contributed by atoms with Gasteiger partial charge in [-0.1, -0.05) is 0 Å². The minimum atomic E-state index is -3.82. The van der Waals surface area contributed by atoms with Crippen molar-refractivity contribution in [3.63, 3.8) is 0 Å². The van der Waals surface area contributed by atoms with E-state index in [0.29, 0.717) is 0 Å². The Bertz CT molecular complexity index is 747. The monoisotopic (exact) mass is 379 g/mol. The zero-order chi connectivity index (χ0) is 14.9. The molecular weight excluding hydrogens is 370 g/mol. The van der Waals surface area contributed by atoms with Crippen LogP contribution in [0.2, 0.25) is 0 Å². The van der Waals surface area contributed by atoms with Crippen molar-refractivity contribution < 1.29 is 22.7 Å². The van der Waals surface area contributed by atoms with Crippen molar-refractivity contribution in [2.45, 2.75) is 18.4 Å². The number of carboxylic acids is 1. The van der Waals surface area contributed by atoms with Crippen LogP contribution in [-0.4, -0.2) is 19.5 Å². The Kier molecular flexibility index (Phi) is 4.33. The number of halogens is 1. The Balaban J connectivity index is 2.22. The summed E-state index contributed by atoms with van der Waals surface area (Å²) in [5, 5.41) is 10.6. The van der Waals surface area contributed by atoms with E-state index in [9.17, 15) is 13.2 Å². The van der Waals surface area contributed by atoms with Crippen LogP contribution in [0.15, 0.2) is 31.3 Å².